The molecule has 2 heterocycles. The van der Waals surface area contributed by atoms with Crippen LogP contribution in [0.15, 0.2) is 24.7 Å². The Morgan fingerprint density at radius 1 is 1.35 bits per heavy atom. The minimum atomic E-state index is -0.142. The van der Waals surface area contributed by atoms with Crippen LogP contribution in [0.25, 0.3) is 0 Å². The van der Waals surface area contributed by atoms with Gasteiger partial charge in [-0.3, -0.25) is 9.89 Å². The number of anilines is 1. The minimum Gasteiger partial charge on any atom is -0.369 e. The summed E-state index contributed by atoms with van der Waals surface area (Å²) >= 11 is 0. The van der Waals surface area contributed by atoms with Gasteiger partial charge in [0.05, 0.1) is 5.56 Å². The lowest BCUT2D eigenvalue weighted by Crippen LogP contribution is -2.27. The smallest absolute Gasteiger partial charge is 0.255 e. The fraction of sp³-hybridized carbons (Fsp3) is 0.385. The summed E-state index contributed by atoms with van der Waals surface area (Å²) in [5.41, 5.74) is 0.554. The molecule has 7 nitrogen and oxygen atoms in total. The molecule has 0 spiro atoms. The van der Waals surface area contributed by atoms with Gasteiger partial charge in [0.25, 0.3) is 5.91 Å². The number of aromatic amines is 1. The van der Waals surface area contributed by atoms with E-state index in [0.717, 1.165) is 18.8 Å². The molecular formula is C13H18N6O. The molecule has 0 aliphatic heterocycles. The third-order valence-electron chi connectivity index (χ3n) is 2.71. The number of nitrogens with one attached hydrogen (secondary N) is 3. The summed E-state index contributed by atoms with van der Waals surface area (Å²) < 4.78 is 0. The van der Waals surface area contributed by atoms with E-state index in [-0.39, 0.29) is 5.91 Å². The van der Waals surface area contributed by atoms with Crippen molar-refractivity contribution in [3.63, 3.8) is 0 Å². The molecule has 2 aromatic rings. The second-order valence-corrected chi connectivity index (χ2v) is 4.26. The van der Waals surface area contributed by atoms with Crippen molar-refractivity contribution in [3.05, 3.63) is 36.0 Å². The summed E-state index contributed by atoms with van der Waals surface area (Å²) in [6.45, 7) is 3.35. The van der Waals surface area contributed by atoms with Crippen LogP contribution in [0.1, 0.15) is 29.5 Å². The quantitative estimate of drug-likeness (QED) is 0.700. The van der Waals surface area contributed by atoms with Gasteiger partial charge in [-0.25, -0.2) is 9.97 Å². The van der Waals surface area contributed by atoms with E-state index < -0.39 is 0 Å². The van der Waals surface area contributed by atoms with Crippen molar-refractivity contribution in [2.45, 2.75) is 19.8 Å². The first kappa shape index (κ1) is 14.0. The Hall–Kier alpha value is -2.44. The predicted octanol–water partition coefficient (Wildman–Crippen LogP) is 0.994. The molecule has 0 fully saturated rings. The van der Waals surface area contributed by atoms with Crippen molar-refractivity contribution < 1.29 is 4.79 Å². The maximum Gasteiger partial charge on any atom is 0.255 e. The van der Waals surface area contributed by atoms with Gasteiger partial charge in [-0.05, 0) is 18.6 Å². The van der Waals surface area contributed by atoms with E-state index >= 15 is 0 Å². The first-order chi connectivity index (χ1) is 9.81. The van der Waals surface area contributed by atoms with Gasteiger partial charge < -0.3 is 10.6 Å². The van der Waals surface area contributed by atoms with E-state index in [9.17, 15) is 4.79 Å². The van der Waals surface area contributed by atoms with E-state index in [1.54, 1.807) is 18.3 Å². The molecule has 0 unspecified atom stereocenters. The summed E-state index contributed by atoms with van der Waals surface area (Å²) in [7, 11) is 0. The monoisotopic (exact) mass is 274 g/mol. The number of hydrogen-bond donors (Lipinski definition) is 3. The maximum absolute atomic E-state index is 12.1. The molecule has 2 aromatic heterocycles. The van der Waals surface area contributed by atoms with E-state index in [4.69, 9.17) is 0 Å². The summed E-state index contributed by atoms with van der Waals surface area (Å²) in [6, 6.07) is 3.51. The number of hydrogen-bond acceptors (Lipinski definition) is 5. The first-order valence-corrected chi connectivity index (χ1v) is 6.62. The third-order valence-corrected chi connectivity index (χ3v) is 2.71. The molecule has 3 N–H and O–H groups in total. The van der Waals surface area contributed by atoms with Crippen LogP contribution in [-0.4, -0.2) is 39.2 Å². The van der Waals surface area contributed by atoms with Gasteiger partial charge >= 0.3 is 0 Å². The summed E-state index contributed by atoms with van der Waals surface area (Å²) in [4.78, 5) is 20.3. The second kappa shape index (κ2) is 7.22. The second-order valence-electron chi connectivity index (χ2n) is 4.26. The number of rotatable bonds is 7. The molecular weight excluding hydrogens is 256 g/mol. The Kier molecular flexibility index (Phi) is 5.05. The van der Waals surface area contributed by atoms with Crippen LogP contribution in [0, 0.1) is 0 Å². The normalized spacial score (nSPS) is 10.2. The van der Waals surface area contributed by atoms with E-state index in [0.29, 0.717) is 24.3 Å². The molecule has 7 heteroatoms. The Morgan fingerprint density at radius 2 is 2.25 bits per heavy atom. The number of amides is 1. The molecule has 1 amide bonds. The lowest BCUT2D eigenvalue weighted by Gasteiger charge is -2.10. The summed E-state index contributed by atoms with van der Waals surface area (Å²) in [6.07, 6.45) is 4.71. The van der Waals surface area contributed by atoms with Gasteiger partial charge in [-0.1, -0.05) is 6.92 Å². The zero-order chi connectivity index (χ0) is 14.2. The predicted molar refractivity (Wildman–Crippen MR) is 75.4 cm³/mol. The number of carbonyl (C=O) groups excluding carboxylic acids is 1. The standard InChI is InChI=1S/C13H18N6O/c1-2-6-14-12-10(4-3-7-15-12)13(20)16-8-5-11-17-9-18-19-11/h3-4,7,9H,2,5-6,8H2,1H3,(H,14,15)(H,16,20)(H,17,18,19). The van der Waals surface area contributed by atoms with Crippen molar-refractivity contribution in [2.75, 3.05) is 18.4 Å². The number of carbonyl (C=O) groups is 1. The van der Waals surface area contributed by atoms with Gasteiger partial charge in [0.1, 0.15) is 18.0 Å². The molecule has 0 aliphatic carbocycles. The Bertz CT molecular complexity index is 540. The number of pyridine rings is 1. The van der Waals surface area contributed by atoms with Crippen LogP contribution >= 0.6 is 0 Å². The molecule has 0 saturated carbocycles. The highest BCUT2D eigenvalue weighted by Gasteiger charge is 2.11. The molecule has 0 aromatic carbocycles. The molecule has 0 aliphatic rings. The molecule has 0 saturated heterocycles. The van der Waals surface area contributed by atoms with E-state index in [1.807, 2.05) is 0 Å². The van der Waals surface area contributed by atoms with Crippen LogP contribution in [-0.2, 0) is 6.42 Å². The van der Waals surface area contributed by atoms with Crippen LogP contribution in [0.2, 0.25) is 0 Å². The Labute approximate surface area is 117 Å². The average molecular weight is 274 g/mol. The van der Waals surface area contributed by atoms with Gasteiger partial charge in [0, 0.05) is 25.7 Å². The maximum atomic E-state index is 12.1. The zero-order valence-electron chi connectivity index (χ0n) is 11.4. The van der Waals surface area contributed by atoms with Crippen molar-refractivity contribution in [1.82, 2.24) is 25.5 Å². The fourth-order valence-electron chi connectivity index (χ4n) is 1.71. The average Bonchev–Trinajstić information content (AvgIpc) is 2.98. The zero-order valence-corrected chi connectivity index (χ0v) is 11.4. The molecule has 0 bridgehead atoms. The number of H-pyrrole nitrogens is 1. The number of aromatic nitrogens is 4. The molecule has 2 rings (SSSR count). The van der Waals surface area contributed by atoms with E-state index in [1.165, 1.54) is 6.33 Å². The third kappa shape index (κ3) is 3.78. The van der Waals surface area contributed by atoms with Crippen molar-refractivity contribution in [3.8, 4) is 0 Å². The Morgan fingerprint density at radius 3 is 3.00 bits per heavy atom. The van der Waals surface area contributed by atoms with Gasteiger partial charge in [0.2, 0.25) is 0 Å². The first-order valence-electron chi connectivity index (χ1n) is 6.62. The summed E-state index contributed by atoms with van der Waals surface area (Å²) in [5, 5.41) is 12.5. The van der Waals surface area contributed by atoms with Gasteiger partial charge in [-0.15, -0.1) is 0 Å². The van der Waals surface area contributed by atoms with Gasteiger partial charge in [0.15, 0.2) is 0 Å². The SMILES string of the molecule is CCCNc1ncccc1C(=O)NCCc1ncn[nH]1. The molecule has 106 valence electrons. The summed E-state index contributed by atoms with van der Waals surface area (Å²) in [5.74, 6) is 1.23. The van der Waals surface area contributed by atoms with Crippen molar-refractivity contribution >= 4 is 11.7 Å². The van der Waals surface area contributed by atoms with Crippen LogP contribution < -0.4 is 10.6 Å². The highest BCUT2D eigenvalue weighted by molar-refractivity contribution is 5.98. The number of nitrogens with zero attached hydrogens (tertiary/aromatic N) is 3. The Balaban J connectivity index is 1.91. The van der Waals surface area contributed by atoms with Crippen LogP contribution in [0.3, 0.4) is 0 Å². The molecule has 20 heavy (non-hydrogen) atoms. The van der Waals surface area contributed by atoms with E-state index in [2.05, 4.69) is 37.7 Å². The highest BCUT2D eigenvalue weighted by Crippen LogP contribution is 2.11. The fourth-order valence-corrected chi connectivity index (χ4v) is 1.71. The lowest BCUT2D eigenvalue weighted by molar-refractivity contribution is 0.0954. The van der Waals surface area contributed by atoms with Gasteiger partial charge in [-0.2, -0.15) is 5.10 Å². The minimum absolute atomic E-state index is 0.142. The van der Waals surface area contributed by atoms with Crippen molar-refractivity contribution in [1.29, 1.82) is 0 Å². The topological polar surface area (TPSA) is 95.6 Å². The van der Waals surface area contributed by atoms with Crippen molar-refractivity contribution in [2.24, 2.45) is 0 Å². The van der Waals surface area contributed by atoms with Crippen LogP contribution in [0.4, 0.5) is 5.82 Å². The molecule has 0 atom stereocenters. The largest absolute Gasteiger partial charge is 0.369 e. The highest BCUT2D eigenvalue weighted by atomic mass is 16.1. The molecule has 0 radical (unpaired) electrons. The van der Waals surface area contributed by atoms with Crippen LogP contribution in [0.5, 0.6) is 0 Å². The lowest BCUT2D eigenvalue weighted by atomic mass is 10.2.